The normalized spacial score (nSPS) is 16.1. The van der Waals surface area contributed by atoms with Gasteiger partial charge < -0.3 is 15.2 Å². The zero-order chi connectivity index (χ0) is 22.6. The summed E-state index contributed by atoms with van der Waals surface area (Å²) in [7, 11) is -3.62. The van der Waals surface area contributed by atoms with Gasteiger partial charge in [0, 0.05) is 43.1 Å². The predicted molar refractivity (Wildman–Crippen MR) is 122 cm³/mol. The van der Waals surface area contributed by atoms with Gasteiger partial charge in [0.15, 0.2) is 0 Å². The number of fused-ring (bicyclic) bond motifs is 1. The number of carbonyl (C=O) groups excluding carboxylic acids is 1. The summed E-state index contributed by atoms with van der Waals surface area (Å²) in [5.41, 5.74) is 0.227. The third kappa shape index (κ3) is 5.34. The van der Waals surface area contributed by atoms with Crippen molar-refractivity contribution in [3.63, 3.8) is 0 Å². The van der Waals surface area contributed by atoms with Crippen LogP contribution >= 0.6 is 0 Å². The fourth-order valence-corrected chi connectivity index (χ4v) is 5.55. The Bertz CT molecular complexity index is 1090. The summed E-state index contributed by atoms with van der Waals surface area (Å²) in [6, 6.07) is 5.77. The summed E-state index contributed by atoms with van der Waals surface area (Å²) in [6.45, 7) is 10.5. The molecule has 1 atom stereocenters. The second kappa shape index (κ2) is 9.93. The first-order chi connectivity index (χ1) is 14.8. The number of H-pyrrole nitrogens is 1. The average molecular weight is 449 g/mol. The van der Waals surface area contributed by atoms with Crippen molar-refractivity contribution in [2.24, 2.45) is 5.92 Å². The lowest BCUT2D eigenvalue weighted by atomic mass is 10.1. The first kappa shape index (κ1) is 23.4. The standard InChI is InChI=1S/C22H32N4O4S/c1-4-25(5-2)15-16(3)14-23-22(28)19-13-21(27)24-20-9-8-17(12-18(19)20)31(29,30)26-10-6-7-11-26/h8-9,12-13,16H,4-7,10-11,14-15H2,1-3H3,(H,23,28)(H,24,27). The Hall–Kier alpha value is -2.23. The molecule has 1 unspecified atom stereocenters. The van der Waals surface area contributed by atoms with Gasteiger partial charge in [-0.1, -0.05) is 20.8 Å². The highest BCUT2D eigenvalue weighted by atomic mass is 32.2. The van der Waals surface area contributed by atoms with E-state index in [4.69, 9.17) is 0 Å². The second-order valence-electron chi connectivity index (χ2n) is 8.17. The third-order valence-electron chi connectivity index (χ3n) is 5.84. The maximum absolute atomic E-state index is 12.9. The van der Waals surface area contributed by atoms with Crippen LogP contribution in [0.2, 0.25) is 0 Å². The van der Waals surface area contributed by atoms with Crippen LogP contribution in [0.3, 0.4) is 0 Å². The molecule has 0 spiro atoms. The molecule has 31 heavy (non-hydrogen) atoms. The summed E-state index contributed by atoms with van der Waals surface area (Å²) in [6.07, 6.45) is 1.69. The van der Waals surface area contributed by atoms with Gasteiger partial charge in [-0.25, -0.2) is 8.42 Å². The molecule has 3 rings (SSSR count). The number of aromatic nitrogens is 1. The zero-order valence-electron chi connectivity index (χ0n) is 18.5. The molecular weight excluding hydrogens is 416 g/mol. The molecule has 1 fully saturated rings. The van der Waals surface area contributed by atoms with Crippen LogP contribution in [-0.4, -0.2) is 67.8 Å². The van der Waals surface area contributed by atoms with Crippen LogP contribution in [0.5, 0.6) is 0 Å². The maximum Gasteiger partial charge on any atom is 0.252 e. The quantitative estimate of drug-likeness (QED) is 0.611. The first-order valence-electron chi connectivity index (χ1n) is 10.9. The minimum atomic E-state index is -3.62. The number of aromatic amines is 1. The lowest BCUT2D eigenvalue weighted by Gasteiger charge is -2.23. The Morgan fingerprint density at radius 2 is 1.87 bits per heavy atom. The number of rotatable bonds is 9. The van der Waals surface area contributed by atoms with E-state index in [9.17, 15) is 18.0 Å². The van der Waals surface area contributed by atoms with Gasteiger partial charge in [0.25, 0.3) is 5.91 Å². The van der Waals surface area contributed by atoms with Gasteiger partial charge in [0.2, 0.25) is 15.6 Å². The van der Waals surface area contributed by atoms with Crippen molar-refractivity contribution < 1.29 is 13.2 Å². The molecule has 9 heteroatoms. The number of benzene rings is 1. The fourth-order valence-electron chi connectivity index (χ4n) is 4.01. The number of nitrogens with one attached hydrogen (secondary N) is 2. The molecule has 1 aromatic carbocycles. The lowest BCUT2D eigenvalue weighted by molar-refractivity contribution is 0.0946. The van der Waals surface area contributed by atoms with Crippen LogP contribution in [0.15, 0.2) is 34.0 Å². The van der Waals surface area contributed by atoms with Crippen molar-refractivity contribution in [1.82, 2.24) is 19.5 Å². The highest BCUT2D eigenvalue weighted by Gasteiger charge is 2.27. The topological polar surface area (TPSA) is 103 Å². The van der Waals surface area contributed by atoms with E-state index in [0.29, 0.717) is 30.5 Å². The number of sulfonamides is 1. The minimum Gasteiger partial charge on any atom is -0.352 e. The van der Waals surface area contributed by atoms with Gasteiger partial charge in [-0.3, -0.25) is 9.59 Å². The van der Waals surface area contributed by atoms with Crippen LogP contribution in [-0.2, 0) is 10.0 Å². The van der Waals surface area contributed by atoms with Crippen molar-refractivity contribution in [2.75, 3.05) is 39.3 Å². The van der Waals surface area contributed by atoms with Crippen LogP contribution in [0.1, 0.15) is 44.0 Å². The zero-order valence-corrected chi connectivity index (χ0v) is 19.3. The van der Waals surface area contributed by atoms with E-state index in [0.717, 1.165) is 32.5 Å². The lowest BCUT2D eigenvalue weighted by Crippen LogP contribution is -2.35. The summed E-state index contributed by atoms with van der Waals surface area (Å²) in [5.74, 6) is -0.138. The first-order valence-corrected chi connectivity index (χ1v) is 12.4. The molecule has 2 N–H and O–H groups in total. The van der Waals surface area contributed by atoms with Crippen LogP contribution in [0.4, 0.5) is 0 Å². The molecule has 0 bridgehead atoms. The number of amides is 1. The Kier molecular flexibility index (Phi) is 7.51. The molecule has 1 aliphatic heterocycles. The molecular formula is C22H32N4O4S. The van der Waals surface area contributed by atoms with Crippen LogP contribution in [0, 0.1) is 5.92 Å². The largest absolute Gasteiger partial charge is 0.352 e. The number of pyridine rings is 1. The van der Waals surface area contributed by atoms with Gasteiger partial charge in [-0.05, 0) is 50.0 Å². The molecule has 0 saturated carbocycles. The Labute approximate surface area is 183 Å². The van der Waals surface area contributed by atoms with Crippen molar-refractivity contribution in [3.8, 4) is 0 Å². The molecule has 2 heterocycles. The van der Waals surface area contributed by atoms with E-state index < -0.39 is 15.6 Å². The van der Waals surface area contributed by atoms with E-state index in [1.54, 1.807) is 6.07 Å². The summed E-state index contributed by atoms with van der Waals surface area (Å²) in [4.78, 5) is 30.1. The van der Waals surface area contributed by atoms with E-state index in [1.807, 2.05) is 0 Å². The Morgan fingerprint density at radius 3 is 2.52 bits per heavy atom. The van der Waals surface area contributed by atoms with Gasteiger partial charge in [-0.15, -0.1) is 0 Å². The van der Waals surface area contributed by atoms with Gasteiger partial charge in [0.1, 0.15) is 0 Å². The van der Waals surface area contributed by atoms with E-state index >= 15 is 0 Å². The number of nitrogens with zero attached hydrogens (tertiary/aromatic N) is 2. The number of hydrogen-bond donors (Lipinski definition) is 2. The van der Waals surface area contributed by atoms with Gasteiger partial charge in [-0.2, -0.15) is 4.31 Å². The Balaban J connectivity index is 1.87. The second-order valence-corrected chi connectivity index (χ2v) is 10.1. The SMILES string of the molecule is CCN(CC)CC(C)CNC(=O)c1cc(=O)[nH]c2ccc(S(=O)(=O)N3CCCC3)cc12. The van der Waals surface area contributed by atoms with Crippen molar-refractivity contribution in [2.45, 2.75) is 38.5 Å². The molecule has 170 valence electrons. The minimum absolute atomic E-state index is 0.137. The van der Waals surface area contributed by atoms with Gasteiger partial charge >= 0.3 is 0 Å². The predicted octanol–water partition coefficient (Wildman–Crippen LogP) is 2.02. The maximum atomic E-state index is 12.9. The van der Waals surface area contributed by atoms with Crippen molar-refractivity contribution in [1.29, 1.82) is 0 Å². The van der Waals surface area contributed by atoms with E-state index in [1.165, 1.54) is 22.5 Å². The van der Waals surface area contributed by atoms with Gasteiger partial charge in [0.05, 0.1) is 10.5 Å². The van der Waals surface area contributed by atoms with Crippen LogP contribution in [0.25, 0.3) is 10.9 Å². The molecule has 0 radical (unpaired) electrons. The summed E-state index contributed by atoms with van der Waals surface area (Å²) >= 11 is 0. The van der Waals surface area contributed by atoms with Crippen LogP contribution < -0.4 is 10.9 Å². The van der Waals surface area contributed by atoms with E-state index in [-0.39, 0.29) is 22.3 Å². The molecule has 2 aromatic rings. The third-order valence-corrected chi connectivity index (χ3v) is 7.73. The monoisotopic (exact) mass is 448 g/mol. The highest BCUT2D eigenvalue weighted by molar-refractivity contribution is 7.89. The summed E-state index contributed by atoms with van der Waals surface area (Å²) in [5, 5.41) is 3.33. The summed E-state index contributed by atoms with van der Waals surface area (Å²) < 4.78 is 27.4. The molecule has 8 nitrogen and oxygen atoms in total. The van der Waals surface area contributed by atoms with E-state index in [2.05, 4.69) is 36.0 Å². The molecule has 1 aliphatic rings. The number of hydrogen-bond acceptors (Lipinski definition) is 5. The fraction of sp³-hybridized carbons (Fsp3) is 0.545. The Morgan fingerprint density at radius 1 is 1.19 bits per heavy atom. The average Bonchev–Trinajstić information content (AvgIpc) is 3.30. The smallest absolute Gasteiger partial charge is 0.252 e. The molecule has 1 amide bonds. The molecule has 1 aromatic heterocycles. The molecule has 1 saturated heterocycles. The van der Waals surface area contributed by atoms with Crippen molar-refractivity contribution in [3.05, 3.63) is 40.2 Å². The number of carbonyl (C=O) groups is 1. The van der Waals surface area contributed by atoms with Crippen molar-refractivity contribution >= 4 is 26.8 Å². The molecule has 0 aliphatic carbocycles. The highest BCUT2D eigenvalue weighted by Crippen LogP contribution is 2.25.